The Morgan fingerprint density at radius 2 is 2.03 bits per heavy atom. The lowest BCUT2D eigenvalue weighted by atomic mass is 9.85. The molecule has 1 aromatic carbocycles. The van der Waals surface area contributed by atoms with Crippen molar-refractivity contribution in [2.24, 2.45) is 4.99 Å². The zero-order valence-corrected chi connectivity index (χ0v) is 18.3. The van der Waals surface area contributed by atoms with Crippen molar-refractivity contribution in [3.8, 4) is 5.75 Å². The molecule has 0 saturated carbocycles. The molecule has 3 N–H and O–H groups in total. The third-order valence-corrected chi connectivity index (χ3v) is 6.64. The normalized spacial score (nSPS) is 29.6. The second-order valence-electron chi connectivity index (χ2n) is 8.74. The summed E-state index contributed by atoms with van der Waals surface area (Å²) < 4.78 is 20.3. The molecule has 9 heteroatoms. The van der Waals surface area contributed by atoms with Crippen LogP contribution in [0.2, 0.25) is 0 Å². The number of rotatable bonds is 3. The zero-order chi connectivity index (χ0) is 22.2. The van der Waals surface area contributed by atoms with Crippen LogP contribution in [-0.4, -0.2) is 54.0 Å². The molecule has 0 spiro atoms. The van der Waals surface area contributed by atoms with Gasteiger partial charge in [0.1, 0.15) is 23.5 Å². The molecule has 5 rings (SSSR count). The van der Waals surface area contributed by atoms with Crippen LogP contribution >= 0.6 is 11.6 Å². The van der Waals surface area contributed by atoms with Gasteiger partial charge in [0.15, 0.2) is 0 Å². The van der Waals surface area contributed by atoms with Crippen molar-refractivity contribution in [2.75, 3.05) is 13.1 Å². The smallest absolute Gasteiger partial charge is 0.258 e. The van der Waals surface area contributed by atoms with E-state index in [9.17, 15) is 9.18 Å². The largest absolute Gasteiger partial charge is 0.489 e. The lowest BCUT2D eigenvalue weighted by Gasteiger charge is -2.40. The van der Waals surface area contributed by atoms with E-state index < -0.39 is 5.82 Å². The maximum Gasteiger partial charge on any atom is 0.258 e. The van der Waals surface area contributed by atoms with Crippen molar-refractivity contribution < 1.29 is 13.9 Å². The molecule has 0 aromatic heterocycles. The van der Waals surface area contributed by atoms with Gasteiger partial charge in [-0.3, -0.25) is 4.79 Å². The molecule has 1 amide bonds. The Morgan fingerprint density at radius 1 is 1.25 bits per heavy atom. The SMILES string of the molecule is N=C1CN(C(=O)c2ccc(F)cc2OC2CC3CCCC(C2)N3)C/C1=C1\N=CC(Cl)=CN1. The molecule has 2 atom stereocenters. The van der Waals surface area contributed by atoms with E-state index in [0.717, 1.165) is 25.7 Å². The van der Waals surface area contributed by atoms with Gasteiger partial charge in [0.05, 0.1) is 29.4 Å². The summed E-state index contributed by atoms with van der Waals surface area (Å²) in [6.07, 6.45) is 8.21. The molecule has 1 aromatic rings. The predicted molar refractivity (Wildman–Crippen MR) is 121 cm³/mol. The highest BCUT2D eigenvalue weighted by molar-refractivity contribution is 6.39. The van der Waals surface area contributed by atoms with Crippen LogP contribution in [0.4, 0.5) is 4.39 Å². The fraction of sp³-hybridized carbons (Fsp3) is 0.435. The average Bonchev–Trinajstić information content (AvgIpc) is 3.15. The van der Waals surface area contributed by atoms with Gasteiger partial charge in [-0.15, -0.1) is 0 Å². The van der Waals surface area contributed by atoms with Crippen molar-refractivity contribution in [1.82, 2.24) is 15.5 Å². The Balaban J connectivity index is 1.35. The Kier molecular flexibility index (Phi) is 5.73. The monoisotopic (exact) mass is 457 g/mol. The molecule has 32 heavy (non-hydrogen) atoms. The van der Waals surface area contributed by atoms with Gasteiger partial charge < -0.3 is 25.7 Å². The first-order chi connectivity index (χ1) is 15.5. The molecule has 0 radical (unpaired) electrons. The van der Waals surface area contributed by atoms with E-state index in [4.69, 9.17) is 21.7 Å². The molecule has 168 valence electrons. The summed E-state index contributed by atoms with van der Waals surface area (Å²) in [4.78, 5) is 19.1. The van der Waals surface area contributed by atoms with E-state index in [1.165, 1.54) is 30.8 Å². The number of benzene rings is 1. The maximum atomic E-state index is 14.1. The number of fused-ring (bicyclic) bond motifs is 2. The van der Waals surface area contributed by atoms with E-state index in [1.54, 1.807) is 11.1 Å². The molecule has 3 fully saturated rings. The standard InChI is InChI=1S/C23H25ClFN5O2/c24-13-9-27-22(28-10-13)19-11-30(12-20(19)26)23(31)18-5-4-14(25)6-21(18)32-17-7-15-2-1-3-16(8-17)29-15/h4-6,9-10,15-17,26-27,29H,1-3,7-8,11-12H2/b22-19+,26-20?. The fourth-order valence-corrected chi connectivity index (χ4v) is 5.03. The van der Waals surface area contributed by atoms with Crippen LogP contribution in [0.3, 0.4) is 0 Å². The van der Waals surface area contributed by atoms with E-state index in [0.29, 0.717) is 39.8 Å². The Hall–Kier alpha value is -2.71. The van der Waals surface area contributed by atoms with Crippen LogP contribution in [0.15, 0.2) is 45.8 Å². The molecular weight excluding hydrogens is 433 g/mol. The second kappa shape index (κ2) is 8.67. The molecule has 4 aliphatic rings. The summed E-state index contributed by atoms with van der Waals surface area (Å²) in [6, 6.07) is 4.88. The van der Waals surface area contributed by atoms with Gasteiger partial charge >= 0.3 is 0 Å². The lowest BCUT2D eigenvalue weighted by Crippen LogP contribution is -2.51. The minimum absolute atomic E-state index is 0.0493. The molecular formula is C23H25ClFN5O2. The summed E-state index contributed by atoms with van der Waals surface area (Å²) >= 11 is 5.89. The van der Waals surface area contributed by atoms with Crippen LogP contribution < -0.4 is 15.4 Å². The van der Waals surface area contributed by atoms with Crippen molar-refractivity contribution in [2.45, 2.75) is 50.3 Å². The third kappa shape index (κ3) is 4.29. The Labute approximate surface area is 190 Å². The van der Waals surface area contributed by atoms with Gasteiger partial charge in [-0.05, 0) is 37.8 Å². The summed E-state index contributed by atoms with van der Waals surface area (Å²) in [6.45, 7) is 0.387. The van der Waals surface area contributed by atoms with Crippen LogP contribution in [0.25, 0.3) is 0 Å². The first-order valence-electron chi connectivity index (χ1n) is 10.9. The average molecular weight is 458 g/mol. The number of nitrogens with zero attached hydrogens (tertiary/aromatic N) is 2. The molecule has 4 heterocycles. The highest BCUT2D eigenvalue weighted by Crippen LogP contribution is 2.31. The van der Waals surface area contributed by atoms with Gasteiger partial charge in [0.25, 0.3) is 5.91 Å². The van der Waals surface area contributed by atoms with Gasteiger partial charge in [-0.2, -0.15) is 0 Å². The summed E-state index contributed by atoms with van der Waals surface area (Å²) in [5.74, 6) is 0.0533. The minimum atomic E-state index is -0.438. The number of aliphatic imine (C=N–C) groups is 1. The number of carbonyl (C=O) groups is 1. The number of nitrogens with one attached hydrogen (secondary N) is 3. The lowest BCUT2D eigenvalue weighted by molar-refractivity contribution is 0.0767. The van der Waals surface area contributed by atoms with Gasteiger partial charge in [-0.25, -0.2) is 9.38 Å². The zero-order valence-electron chi connectivity index (χ0n) is 17.5. The number of hydrogen-bond acceptors (Lipinski definition) is 6. The van der Waals surface area contributed by atoms with Crippen molar-refractivity contribution in [3.63, 3.8) is 0 Å². The topological polar surface area (TPSA) is 89.8 Å². The summed E-state index contributed by atoms with van der Waals surface area (Å²) in [7, 11) is 0. The highest BCUT2D eigenvalue weighted by Gasteiger charge is 2.34. The second-order valence-corrected chi connectivity index (χ2v) is 9.18. The van der Waals surface area contributed by atoms with Gasteiger partial charge in [0.2, 0.25) is 0 Å². The van der Waals surface area contributed by atoms with Crippen LogP contribution in [0.1, 0.15) is 42.5 Å². The molecule has 0 aliphatic carbocycles. The van der Waals surface area contributed by atoms with Crippen LogP contribution in [-0.2, 0) is 0 Å². The minimum Gasteiger partial charge on any atom is -0.489 e. The van der Waals surface area contributed by atoms with E-state index >= 15 is 0 Å². The third-order valence-electron chi connectivity index (χ3n) is 6.44. The number of hydrogen-bond donors (Lipinski definition) is 3. The molecule has 7 nitrogen and oxygen atoms in total. The van der Waals surface area contributed by atoms with Crippen molar-refractivity contribution >= 4 is 29.4 Å². The number of likely N-dealkylation sites (tertiary alicyclic amines) is 1. The van der Waals surface area contributed by atoms with E-state index in [2.05, 4.69) is 15.6 Å². The number of ether oxygens (including phenoxy) is 1. The van der Waals surface area contributed by atoms with Gasteiger partial charge in [-0.1, -0.05) is 18.0 Å². The summed E-state index contributed by atoms with van der Waals surface area (Å²) in [5.41, 5.74) is 1.25. The molecule has 2 bridgehead atoms. The van der Waals surface area contributed by atoms with Gasteiger partial charge in [0, 0.05) is 36.1 Å². The number of allylic oxidation sites excluding steroid dienone is 1. The van der Waals surface area contributed by atoms with E-state index in [-0.39, 0.29) is 30.9 Å². The number of piperidine rings is 2. The Morgan fingerprint density at radius 3 is 2.75 bits per heavy atom. The van der Waals surface area contributed by atoms with Crippen LogP contribution in [0.5, 0.6) is 5.75 Å². The quantitative estimate of drug-likeness (QED) is 0.649. The molecule has 4 aliphatic heterocycles. The predicted octanol–water partition coefficient (Wildman–Crippen LogP) is 3.32. The first kappa shape index (κ1) is 21.2. The Bertz CT molecular complexity index is 1040. The molecule has 2 unspecified atom stereocenters. The highest BCUT2D eigenvalue weighted by atomic mass is 35.5. The number of amides is 1. The van der Waals surface area contributed by atoms with E-state index in [1.807, 2.05) is 0 Å². The van der Waals surface area contributed by atoms with Crippen molar-refractivity contribution in [1.29, 1.82) is 5.41 Å². The maximum absolute atomic E-state index is 14.1. The fourth-order valence-electron chi connectivity index (χ4n) is 4.92. The summed E-state index contributed by atoms with van der Waals surface area (Å²) in [5, 5.41) is 15.4. The van der Waals surface area contributed by atoms with Crippen molar-refractivity contribution in [3.05, 3.63) is 52.2 Å². The first-order valence-corrected chi connectivity index (χ1v) is 11.3. The number of halogens is 2. The number of carbonyl (C=O) groups excluding carboxylic acids is 1. The van der Waals surface area contributed by atoms with Crippen LogP contribution in [0, 0.1) is 11.2 Å². The molecule has 3 saturated heterocycles.